The maximum absolute atomic E-state index is 12.9. The number of imidazole rings is 2. The molecule has 3 N–H and O–H groups in total. The number of fused-ring (bicyclic) bond motifs is 2. The molecule has 0 aliphatic rings. The minimum atomic E-state index is -0.657. The average Bonchev–Trinajstić information content (AvgIpc) is 3.38. The number of hydrogen-bond acceptors (Lipinski definition) is 7. The molecule has 11 heteroatoms. The van der Waals surface area contributed by atoms with E-state index in [2.05, 4.69) is 30.9 Å². The molecule has 10 nitrogen and oxygen atoms in total. The van der Waals surface area contributed by atoms with Crippen LogP contribution in [0.15, 0.2) is 46.1 Å². The van der Waals surface area contributed by atoms with Crippen LogP contribution >= 0.6 is 15.9 Å². The van der Waals surface area contributed by atoms with E-state index in [9.17, 15) is 9.59 Å². The number of esters is 1. The lowest BCUT2D eigenvalue weighted by atomic mass is 10.1. The van der Waals surface area contributed by atoms with Gasteiger partial charge in [0.1, 0.15) is 19.4 Å². The van der Waals surface area contributed by atoms with E-state index in [-0.39, 0.29) is 36.9 Å². The van der Waals surface area contributed by atoms with E-state index < -0.39 is 12.0 Å². The molecule has 0 unspecified atom stereocenters. The molecule has 1 atom stereocenters. The minimum absolute atomic E-state index is 0.0000648. The summed E-state index contributed by atoms with van der Waals surface area (Å²) < 4.78 is 14.7. The highest BCUT2D eigenvalue weighted by Gasteiger charge is 2.18. The van der Waals surface area contributed by atoms with Crippen LogP contribution in [0.4, 0.5) is 0 Å². The summed E-state index contributed by atoms with van der Waals surface area (Å²) in [7, 11) is 0. The van der Waals surface area contributed by atoms with E-state index in [1.807, 2.05) is 38.1 Å². The lowest BCUT2D eigenvalue weighted by Gasteiger charge is -2.14. The standard InChI is InChI=1S/C21H23BrN6O4/c1-12(2)16(23)20(30)32-8-7-31-11-27-10-24-17-18(27)26-21-25-15(9-28(21)19(17)29)13-3-5-14(22)6-4-13/h3-6,9-10,12,16H,7-8,11,23H2,1-2H3,(H,25,26)/t16-/m1/s1. The SMILES string of the molecule is CC(C)[C@@H](N)C(=O)OCCOCn1cnc2c(=O)n3cc(-c4ccc(Br)cc4)[nH]c3nc21. The Bertz CT molecular complexity index is 1310. The summed E-state index contributed by atoms with van der Waals surface area (Å²) in [4.78, 5) is 36.6. The van der Waals surface area contributed by atoms with Crippen LogP contribution in [0, 0.1) is 5.92 Å². The first-order valence-corrected chi connectivity index (χ1v) is 10.9. The molecule has 0 saturated carbocycles. The zero-order valence-electron chi connectivity index (χ0n) is 17.6. The largest absolute Gasteiger partial charge is 0.462 e. The predicted octanol–water partition coefficient (Wildman–Crippen LogP) is 2.30. The van der Waals surface area contributed by atoms with Gasteiger partial charge in [0.25, 0.3) is 5.56 Å². The van der Waals surface area contributed by atoms with Gasteiger partial charge in [0.2, 0.25) is 5.78 Å². The summed E-state index contributed by atoms with van der Waals surface area (Å²) in [5, 5.41) is 0. The first-order valence-electron chi connectivity index (χ1n) is 10.1. The molecule has 0 amide bonds. The van der Waals surface area contributed by atoms with Crippen LogP contribution < -0.4 is 11.3 Å². The molecule has 0 saturated heterocycles. The fourth-order valence-corrected chi connectivity index (χ4v) is 3.37. The number of aromatic amines is 1. The lowest BCUT2D eigenvalue weighted by molar-refractivity contribution is -0.148. The summed E-state index contributed by atoms with van der Waals surface area (Å²) in [6.45, 7) is 4.07. The third kappa shape index (κ3) is 4.45. The summed E-state index contributed by atoms with van der Waals surface area (Å²) in [5.74, 6) is -0.0547. The molecule has 4 aromatic rings. The van der Waals surface area contributed by atoms with Gasteiger partial charge in [-0.1, -0.05) is 41.9 Å². The third-order valence-corrected chi connectivity index (χ3v) is 5.55. The van der Waals surface area contributed by atoms with Crippen LogP contribution in [-0.4, -0.2) is 49.1 Å². The van der Waals surface area contributed by atoms with Crippen molar-refractivity contribution in [1.29, 1.82) is 0 Å². The molecule has 1 aromatic carbocycles. The summed E-state index contributed by atoms with van der Waals surface area (Å²) in [6.07, 6.45) is 3.20. The van der Waals surface area contributed by atoms with Crippen molar-refractivity contribution >= 4 is 38.8 Å². The van der Waals surface area contributed by atoms with Gasteiger partial charge in [0.15, 0.2) is 11.2 Å². The number of hydrogen-bond donors (Lipinski definition) is 2. The molecule has 32 heavy (non-hydrogen) atoms. The van der Waals surface area contributed by atoms with Crippen molar-refractivity contribution in [3.05, 3.63) is 51.6 Å². The average molecular weight is 503 g/mol. The van der Waals surface area contributed by atoms with E-state index in [0.717, 1.165) is 15.7 Å². The molecule has 168 valence electrons. The van der Waals surface area contributed by atoms with Crippen molar-refractivity contribution in [2.75, 3.05) is 13.2 Å². The molecular weight excluding hydrogens is 480 g/mol. The lowest BCUT2D eigenvalue weighted by Crippen LogP contribution is -2.37. The molecule has 3 heterocycles. The molecule has 4 rings (SSSR count). The number of halogens is 1. The maximum Gasteiger partial charge on any atom is 0.323 e. The van der Waals surface area contributed by atoms with Crippen molar-refractivity contribution in [2.45, 2.75) is 26.6 Å². The summed E-state index contributed by atoms with van der Waals surface area (Å²) in [5.41, 5.74) is 7.80. The Balaban J connectivity index is 1.47. The molecule has 0 bridgehead atoms. The number of nitrogens with one attached hydrogen (secondary N) is 1. The Kier molecular flexibility index (Phi) is 6.40. The summed E-state index contributed by atoms with van der Waals surface area (Å²) in [6, 6.07) is 7.07. The number of nitrogens with two attached hydrogens (primary N) is 1. The number of carbonyl (C=O) groups excluding carboxylic acids is 1. The predicted molar refractivity (Wildman–Crippen MR) is 122 cm³/mol. The Morgan fingerprint density at radius 1 is 1.25 bits per heavy atom. The Morgan fingerprint density at radius 3 is 2.72 bits per heavy atom. The molecular formula is C21H23BrN6O4. The van der Waals surface area contributed by atoms with Crippen LogP contribution in [0.2, 0.25) is 0 Å². The number of nitrogens with zero attached hydrogens (tertiary/aromatic N) is 4. The quantitative estimate of drug-likeness (QED) is 0.279. The third-order valence-electron chi connectivity index (χ3n) is 5.02. The highest BCUT2D eigenvalue weighted by molar-refractivity contribution is 9.10. The number of rotatable bonds is 8. The van der Waals surface area contributed by atoms with Gasteiger partial charge in [-0.3, -0.25) is 14.2 Å². The smallest absolute Gasteiger partial charge is 0.323 e. The fourth-order valence-electron chi connectivity index (χ4n) is 3.10. The van der Waals surface area contributed by atoms with Crippen LogP contribution in [0.5, 0.6) is 0 Å². The van der Waals surface area contributed by atoms with Crippen molar-refractivity contribution in [3.8, 4) is 11.3 Å². The van der Waals surface area contributed by atoms with Gasteiger partial charge in [-0.2, -0.15) is 4.98 Å². The normalized spacial score (nSPS) is 12.7. The van der Waals surface area contributed by atoms with Gasteiger partial charge in [-0.25, -0.2) is 9.38 Å². The van der Waals surface area contributed by atoms with Gasteiger partial charge >= 0.3 is 5.97 Å². The second kappa shape index (κ2) is 9.23. The summed E-state index contributed by atoms with van der Waals surface area (Å²) >= 11 is 3.41. The van der Waals surface area contributed by atoms with Gasteiger partial charge in [-0.05, 0) is 23.6 Å². The minimum Gasteiger partial charge on any atom is -0.462 e. The fraction of sp³-hybridized carbons (Fsp3) is 0.333. The number of carbonyl (C=O) groups is 1. The monoisotopic (exact) mass is 502 g/mol. The molecule has 3 aromatic heterocycles. The molecule has 0 spiro atoms. The van der Waals surface area contributed by atoms with Crippen molar-refractivity contribution in [3.63, 3.8) is 0 Å². The Morgan fingerprint density at radius 2 is 2.00 bits per heavy atom. The van der Waals surface area contributed by atoms with Crippen molar-refractivity contribution < 1.29 is 14.3 Å². The van der Waals surface area contributed by atoms with E-state index in [4.69, 9.17) is 15.2 Å². The highest BCUT2D eigenvalue weighted by Crippen LogP contribution is 2.21. The number of ether oxygens (including phenoxy) is 2. The van der Waals surface area contributed by atoms with E-state index in [1.54, 1.807) is 10.8 Å². The molecule has 0 fully saturated rings. The van der Waals surface area contributed by atoms with Gasteiger partial charge < -0.3 is 20.2 Å². The van der Waals surface area contributed by atoms with E-state index in [0.29, 0.717) is 11.4 Å². The first-order chi connectivity index (χ1) is 15.3. The van der Waals surface area contributed by atoms with E-state index >= 15 is 0 Å². The van der Waals surface area contributed by atoms with Crippen molar-refractivity contribution in [2.24, 2.45) is 11.7 Å². The number of H-pyrrole nitrogens is 1. The first kappa shape index (κ1) is 22.2. The van der Waals surface area contributed by atoms with Crippen molar-refractivity contribution in [1.82, 2.24) is 23.9 Å². The van der Waals surface area contributed by atoms with Gasteiger partial charge in [0.05, 0.1) is 18.6 Å². The molecule has 0 aliphatic heterocycles. The maximum atomic E-state index is 12.9. The number of aromatic nitrogens is 5. The van der Waals surface area contributed by atoms with Crippen LogP contribution in [-0.2, 0) is 21.0 Å². The Labute approximate surface area is 191 Å². The van der Waals surface area contributed by atoms with Crippen LogP contribution in [0.3, 0.4) is 0 Å². The van der Waals surface area contributed by atoms with E-state index in [1.165, 1.54) is 10.7 Å². The van der Waals surface area contributed by atoms with Gasteiger partial charge in [0, 0.05) is 10.7 Å². The second-order valence-electron chi connectivity index (χ2n) is 7.65. The second-order valence-corrected chi connectivity index (χ2v) is 8.56. The topological polar surface area (TPSA) is 130 Å². The Hall–Kier alpha value is -3.02. The van der Waals surface area contributed by atoms with Gasteiger partial charge in [-0.15, -0.1) is 0 Å². The highest BCUT2D eigenvalue weighted by atomic mass is 79.9. The van der Waals surface area contributed by atoms with Crippen LogP contribution in [0.25, 0.3) is 28.2 Å². The molecule has 0 aliphatic carbocycles. The number of benzene rings is 1. The zero-order valence-corrected chi connectivity index (χ0v) is 19.2. The molecule has 0 radical (unpaired) electrons. The zero-order chi connectivity index (χ0) is 22.8. The van der Waals surface area contributed by atoms with Crippen LogP contribution in [0.1, 0.15) is 13.8 Å².